The molecule has 3 heteroatoms. The molecule has 0 heterocycles. The molecule has 15 heavy (non-hydrogen) atoms. The summed E-state index contributed by atoms with van der Waals surface area (Å²) in [6.45, 7) is 1.75. The van der Waals surface area contributed by atoms with Crippen molar-refractivity contribution in [3.63, 3.8) is 0 Å². The van der Waals surface area contributed by atoms with Gasteiger partial charge in [-0.1, -0.05) is 30.3 Å². The largest absolute Gasteiger partial charge is 0.359 e. The third kappa shape index (κ3) is 5.18. The van der Waals surface area contributed by atoms with Gasteiger partial charge in [-0.3, -0.25) is 4.79 Å². The zero-order valence-corrected chi connectivity index (χ0v) is 9.12. The van der Waals surface area contributed by atoms with Crippen molar-refractivity contribution >= 4 is 5.91 Å². The van der Waals surface area contributed by atoms with Crippen molar-refractivity contribution in [1.29, 1.82) is 0 Å². The molecule has 0 unspecified atom stereocenters. The average Bonchev–Trinajstić information content (AvgIpc) is 2.29. The van der Waals surface area contributed by atoms with Gasteiger partial charge in [0.05, 0.1) is 0 Å². The smallest absolute Gasteiger partial charge is 0.219 e. The second-order valence-electron chi connectivity index (χ2n) is 3.44. The Hall–Kier alpha value is -1.35. The molecule has 0 saturated carbocycles. The summed E-state index contributed by atoms with van der Waals surface area (Å²) in [5, 5.41) is 5.91. The fourth-order valence-corrected chi connectivity index (χ4v) is 1.33. The zero-order valence-electron chi connectivity index (χ0n) is 9.12. The lowest BCUT2D eigenvalue weighted by Crippen LogP contribution is -2.20. The van der Waals surface area contributed by atoms with Crippen molar-refractivity contribution in [3.8, 4) is 0 Å². The van der Waals surface area contributed by atoms with E-state index >= 15 is 0 Å². The van der Waals surface area contributed by atoms with Gasteiger partial charge in [-0.2, -0.15) is 0 Å². The highest BCUT2D eigenvalue weighted by Crippen LogP contribution is 1.97. The summed E-state index contributed by atoms with van der Waals surface area (Å²) in [6.07, 6.45) is 1.48. The molecule has 1 amide bonds. The van der Waals surface area contributed by atoms with Crippen LogP contribution in [0.1, 0.15) is 18.4 Å². The SMILES string of the molecule is CNC(=O)CCCNCc1ccccc1. The molecule has 1 aromatic carbocycles. The van der Waals surface area contributed by atoms with Crippen molar-refractivity contribution in [2.45, 2.75) is 19.4 Å². The van der Waals surface area contributed by atoms with Gasteiger partial charge < -0.3 is 10.6 Å². The minimum absolute atomic E-state index is 0.108. The Labute approximate surface area is 90.9 Å². The molecule has 0 radical (unpaired) electrons. The maximum atomic E-state index is 10.9. The van der Waals surface area contributed by atoms with Crippen LogP contribution in [-0.4, -0.2) is 19.5 Å². The van der Waals surface area contributed by atoms with E-state index < -0.39 is 0 Å². The van der Waals surface area contributed by atoms with Gasteiger partial charge in [0.2, 0.25) is 5.91 Å². The summed E-state index contributed by atoms with van der Waals surface area (Å²) in [7, 11) is 1.67. The second-order valence-corrected chi connectivity index (χ2v) is 3.44. The quantitative estimate of drug-likeness (QED) is 0.689. The summed E-state index contributed by atoms with van der Waals surface area (Å²) in [4.78, 5) is 10.9. The Kier molecular flexibility index (Phi) is 5.48. The molecule has 1 aromatic rings. The van der Waals surface area contributed by atoms with Gasteiger partial charge in [0.25, 0.3) is 0 Å². The molecule has 0 fully saturated rings. The monoisotopic (exact) mass is 206 g/mol. The lowest BCUT2D eigenvalue weighted by molar-refractivity contribution is -0.120. The average molecular weight is 206 g/mol. The van der Waals surface area contributed by atoms with E-state index in [0.717, 1.165) is 19.5 Å². The predicted octanol–water partition coefficient (Wildman–Crippen LogP) is 1.30. The van der Waals surface area contributed by atoms with Crippen LogP contribution in [0.3, 0.4) is 0 Å². The number of hydrogen-bond donors (Lipinski definition) is 2. The number of carbonyl (C=O) groups is 1. The van der Waals surface area contributed by atoms with Crippen LogP contribution in [0.2, 0.25) is 0 Å². The molecule has 0 aliphatic heterocycles. The van der Waals surface area contributed by atoms with Gasteiger partial charge in [0, 0.05) is 20.0 Å². The Morgan fingerprint density at radius 3 is 2.67 bits per heavy atom. The minimum atomic E-state index is 0.108. The third-order valence-corrected chi connectivity index (χ3v) is 2.21. The van der Waals surface area contributed by atoms with E-state index in [1.165, 1.54) is 5.56 Å². The number of nitrogens with one attached hydrogen (secondary N) is 2. The molecule has 1 rings (SSSR count). The van der Waals surface area contributed by atoms with Gasteiger partial charge in [-0.05, 0) is 18.5 Å². The fourth-order valence-electron chi connectivity index (χ4n) is 1.33. The Bertz CT molecular complexity index is 285. The number of benzene rings is 1. The van der Waals surface area contributed by atoms with Crippen LogP contribution in [0.15, 0.2) is 30.3 Å². The van der Waals surface area contributed by atoms with Gasteiger partial charge in [-0.15, -0.1) is 0 Å². The predicted molar refractivity (Wildman–Crippen MR) is 61.4 cm³/mol. The van der Waals surface area contributed by atoms with Crippen molar-refractivity contribution in [2.24, 2.45) is 0 Å². The molecule has 0 saturated heterocycles. The maximum absolute atomic E-state index is 10.9. The Morgan fingerprint density at radius 1 is 1.27 bits per heavy atom. The lowest BCUT2D eigenvalue weighted by atomic mass is 10.2. The standard InChI is InChI=1S/C12H18N2O/c1-13-12(15)8-5-9-14-10-11-6-3-2-4-7-11/h2-4,6-7,14H,5,8-10H2,1H3,(H,13,15). The van der Waals surface area contributed by atoms with E-state index in [1.807, 2.05) is 18.2 Å². The molecular formula is C12H18N2O. The highest BCUT2D eigenvalue weighted by atomic mass is 16.1. The van der Waals surface area contributed by atoms with E-state index in [0.29, 0.717) is 6.42 Å². The van der Waals surface area contributed by atoms with Crippen LogP contribution >= 0.6 is 0 Å². The number of carbonyl (C=O) groups excluding carboxylic acids is 1. The number of amides is 1. The van der Waals surface area contributed by atoms with Crippen LogP contribution in [-0.2, 0) is 11.3 Å². The molecule has 0 atom stereocenters. The van der Waals surface area contributed by atoms with E-state index in [9.17, 15) is 4.79 Å². The summed E-state index contributed by atoms with van der Waals surface area (Å²) in [6, 6.07) is 10.2. The first-order valence-corrected chi connectivity index (χ1v) is 5.28. The first kappa shape index (κ1) is 11.7. The van der Waals surface area contributed by atoms with Crippen molar-refractivity contribution in [1.82, 2.24) is 10.6 Å². The molecule has 0 aliphatic rings. The topological polar surface area (TPSA) is 41.1 Å². The van der Waals surface area contributed by atoms with Crippen molar-refractivity contribution in [3.05, 3.63) is 35.9 Å². The van der Waals surface area contributed by atoms with Crippen LogP contribution in [0.4, 0.5) is 0 Å². The number of hydrogen-bond acceptors (Lipinski definition) is 2. The summed E-state index contributed by atoms with van der Waals surface area (Å²) < 4.78 is 0. The molecule has 3 nitrogen and oxygen atoms in total. The van der Waals surface area contributed by atoms with E-state index in [4.69, 9.17) is 0 Å². The minimum Gasteiger partial charge on any atom is -0.359 e. The fraction of sp³-hybridized carbons (Fsp3) is 0.417. The third-order valence-electron chi connectivity index (χ3n) is 2.21. The molecule has 0 aliphatic carbocycles. The Balaban J connectivity index is 2.05. The molecule has 0 bridgehead atoms. The van der Waals surface area contributed by atoms with Crippen molar-refractivity contribution in [2.75, 3.05) is 13.6 Å². The first-order chi connectivity index (χ1) is 7.33. The molecule has 2 N–H and O–H groups in total. The molecular weight excluding hydrogens is 188 g/mol. The molecule has 0 aromatic heterocycles. The van der Waals surface area contributed by atoms with E-state index in [2.05, 4.69) is 22.8 Å². The molecule has 82 valence electrons. The normalized spacial score (nSPS) is 9.93. The van der Waals surface area contributed by atoms with Gasteiger partial charge in [-0.25, -0.2) is 0 Å². The first-order valence-electron chi connectivity index (χ1n) is 5.28. The highest BCUT2D eigenvalue weighted by Gasteiger charge is 1.96. The van der Waals surface area contributed by atoms with Crippen molar-refractivity contribution < 1.29 is 4.79 Å². The van der Waals surface area contributed by atoms with Gasteiger partial charge in [0.1, 0.15) is 0 Å². The number of rotatable bonds is 6. The summed E-state index contributed by atoms with van der Waals surface area (Å²) in [5.74, 6) is 0.108. The highest BCUT2D eigenvalue weighted by molar-refractivity contribution is 5.75. The van der Waals surface area contributed by atoms with E-state index in [1.54, 1.807) is 7.05 Å². The van der Waals surface area contributed by atoms with Crippen LogP contribution in [0, 0.1) is 0 Å². The zero-order chi connectivity index (χ0) is 10.9. The van der Waals surface area contributed by atoms with E-state index in [-0.39, 0.29) is 5.91 Å². The lowest BCUT2D eigenvalue weighted by Gasteiger charge is -2.04. The summed E-state index contributed by atoms with van der Waals surface area (Å²) >= 11 is 0. The van der Waals surface area contributed by atoms with Gasteiger partial charge in [0.15, 0.2) is 0 Å². The van der Waals surface area contributed by atoms with Gasteiger partial charge >= 0.3 is 0 Å². The summed E-state index contributed by atoms with van der Waals surface area (Å²) in [5.41, 5.74) is 1.28. The van der Waals surface area contributed by atoms with Crippen LogP contribution in [0.5, 0.6) is 0 Å². The second kappa shape index (κ2) is 7.01. The maximum Gasteiger partial charge on any atom is 0.219 e. The molecule has 0 spiro atoms. The Morgan fingerprint density at radius 2 is 2.00 bits per heavy atom. The van der Waals surface area contributed by atoms with Crippen LogP contribution < -0.4 is 10.6 Å². The van der Waals surface area contributed by atoms with Crippen LogP contribution in [0.25, 0.3) is 0 Å².